The Kier molecular flexibility index (Phi) is 2.89. The van der Waals surface area contributed by atoms with Gasteiger partial charge in [-0.1, -0.05) is 19.8 Å². The van der Waals surface area contributed by atoms with Gasteiger partial charge in [-0.05, 0) is 24.7 Å². The smallest absolute Gasteiger partial charge is 0.0474 e. The normalized spacial score (nSPS) is 36.5. The summed E-state index contributed by atoms with van der Waals surface area (Å²) in [6.45, 7) is 5.26. The van der Waals surface area contributed by atoms with Crippen LogP contribution in [0.25, 0.3) is 0 Å². The third-order valence-corrected chi connectivity index (χ3v) is 3.89. The van der Waals surface area contributed by atoms with E-state index >= 15 is 0 Å². The van der Waals surface area contributed by atoms with Crippen LogP contribution in [0.4, 0.5) is 0 Å². The highest BCUT2D eigenvalue weighted by Crippen LogP contribution is 2.34. The molecule has 2 unspecified atom stereocenters. The predicted molar refractivity (Wildman–Crippen MR) is 53.6 cm³/mol. The van der Waals surface area contributed by atoms with E-state index in [1.165, 1.54) is 38.8 Å². The van der Waals surface area contributed by atoms with Crippen molar-refractivity contribution in [2.45, 2.75) is 38.6 Å². The van der Waals surface area contributed by atoms with E-state index in [0.29, 0.717) is 18.6 Å². The van der Waals surface area contributed by atoms with Crippen molar-refractivity contribution in [3.05, 3.63) is 0 Å². The molecule has 13 heavy (non-hydrogen) atoms. The summed E-state index contributed by atoms with van der Waals surface area (Å²) in [7, 11) is 0. The highest BCUT2D eigenvalue weighted by Gasteiger charge is 2.37. The largest absolute Gasteiger partial charge is 0.396 e. The summed E-state index contributed by atoms with van der Waals surface area (Å²) in [5.41, 5.74) is 0. The van der Waals surface area contributed by atoms with Gasteiger partial charge in [0.05, 0.1) is 0 Å². The minimum atomic E-state index is 0.401. The number of aliphatic hydroxyl groups is 1. The molecule has 1 saturated carbocycles. The van der Waals surface area contributed by atoms with Crippen LogP contribution in [-0.2, 0) is 0 Å². The lowest BCUT2D eigenvalue weighted by molar-refractivity contribution is 0.0206. The first-order chi connectivity index (χ1) is 6.35. The van der Waals surface area contributed by atoms with Crippen molar-refractivity contribution in [3.63, 3.8) is 0 Å². The van der Waals surface area contributed by atoms with Crippen LogP contribution in [0.3, 0.4) is 0 Å². The molecule has 1 heterocycles. The monoisotopic (exact) mass is 183 g/mol. The lowest BCUT2D eigenvalue weighted by Gasteiger charge is -2.44. The maximum atomic E-state index is 9.20. The summed E-state index contributed by atoms with van der Waals surface area (Å²) in [6, 6.07) is 0.716. The van der Waals surface area contributed by atoms with Crippen molar-refractivity contribution < 1.29 is 5.11 Å². The summed E-state index contributed by atoms with van der Waals surface area (Å²) in [4.78, 5) is 2.59. The average Bonchev–Trinajstić information content (AvgIpc) is 2.50. The molecule has 0 bridgehead atoms. The molecule has 76 valence electrons. The molecule has 2 nitrogen and oxygen atoms in total. The van der Waals surface area contributed by atoms with Crippen LogP contribution in [-0.4, -0.2) is 35.7 Å². The molecule has 1 saturated heterocycles. The SMILES string of the molecule is CCC1CN(C2CCCC2CO)C1. The minimum Gasteiger partial charge on any atom is -0.396 e. The average molecular weight is 183 g/mol. The van der Waals surface area contributed by atoms with Crippen molar-refractivity contribution >= 4 is 0 Å². The lowest BCUT2D eigenvalue weighted by Crippen LogP contribution is -2.53. The summed E-state index contributed by atoms with van der Waals surface area (Å²) in [5, 5.41) is 9.20. The summed E-state index contributed by atoms with van der Waals surface area (Å²) < 4.78 is 0. The molecule has 1 aliphatic carbocycles. The number of nitrogens with zero attached hydrogens (tertiary/aromatic N) is 1. The number of rotatable bonds is 3. The van der Waals surface area contributed by atoms with Crippen LogP contribution in [0.5, 0.6) is 0 Å². The van der Waals surface area contributed by atoms with Gasteiger partial charge >= 0.3 is 0 Å². The minimum absolute atomic E-state index is 0.401. The Labute approximate surface area is 80.9 Å². The van der Waals surface area contributed by atoms with E-state index < -0.39 is 0 Å². The van der Waals surface area contributed by atoms with E-state index in [1.54, 1.807) is 0 Å². The molecule has 0 aromatic rings. The van der Waals surface area contributed by atoms with Crippen LogP contribution in [0, 0.1) is 11.8 Å². The van der Waals surface area contributed by atoms with Gasteiger partial charge in [-0.15, -0.1) is 0 Å². The fraction of sp³-hybridized carbons (Fsp3) is 1.00. The lowest BCUT2D eigenvalue weighted by atomic mass is 9.92. The summed E-state index contributed by atoms with van der Waals surface area (Å²) in [5.74, 6) is 1.53. The Balaban J connectivity index is 1.81. The number of hydrogen-bond acceptors (Lipinski definition) is 2. The first-order valence-electron chi connectivity index (χ1n) is 5.70. The maximum absolute atomic E-state index is 9.20. The van der Waals surface area contributed by atoms with Gasteiger partial charge in [0.1, 0.15) is 0 Å². The van der Waals surface area contributed by atoms with Crippen LogP contribution >= 0.6 is 0 Å². The fourth-order valence-electron chi connectivity index (χ4n) is 2.85. The van der Waals surface area contributed by atoms with Gasteiger partial charge in [0, 0.05) is 25.7 Å². The molecular formula is C11H21NO. The first kappa shape index (κ1) is 9.47. The highest BCUT2D eigenvalue weighted by atomic mass is 16.3. The Morgan fingerprint density at radius 2 is 2.08 bits per heavy atom. The molecule has 1 aliphatic heterocycles. The molecule has 1 N–H and O–H groups in total. The van der Waals surface area contributed by atoms with Gasteiger partial charge in [0.25, 0.3) is 0 Å². The van der Waals surface area contributed by atoms with Crippen LogP contribution in [0.2, 0.25) is 0 Å². The molecule has 0 aromatic carbocycles. The molecule has 2 heteroatoms. The molecule has 2 atom stereocenters. The fourth-order valence-corrected chi connectivity index (χ4v) is 2.85. The molecule has 2 rings (SSSR count). The number of aliphatic hydroxyl groups excluding tert-OH is 1. The van der Waals surface area contributed by atoms with Crippen LogP contribution in [0.1, 0.15) is 32.6 Å². The van der Waals surface area contributed by atoms with Gasteiger partial charge in [-0.2, -0.15) is 0 Å². The molecule has 2 fully saturated rings. The second-order valence-corrected chi connectivity index (χ2v) is 4.67. The van der Waals surface area contributed by atoms with Crippen molar-refractivity contribution in [1.29, 1.82) is 0 Å². The van der Waals surface area contributed by atoms with Gasteiger partial charge < -0.3 is 5.11 Å². The summed E-state index contributed by atoms with van der Waals surface area (Å²) in [6.07, 6.45) is 5.21. The molecule has 0 aromatic heterocycles. The topological polar surface area (TPSA) is 23.5 Å². The zero-order valence-electron chi connectivity index (χ0n) is 8.58. The predicted octanol–water partition coefficient (Wildman–Crippen LogP) is 1.49. The first-order valence-corrected chi connectivity index (χ1v) is 5.70. The zero-order valence-corrected chi connectivity index (χ0v) is 8.58. The van der Waals surface area contributed by atoms with Crippen molar-refractivity contribution in [2.24, 2.45) is 11.8 Å². The number of hydrogen-bond donors (Lipinski definition) is 1. The Hall–Kier alpha value is -0.0800. The maximum Gasteiger partial charge on any atom is 0.0474 e. The van der Waals surface area contributed by atoms with Crippen molar-refractivity contribution in [3.8, 4) is 0 Å². The zero-order chi connectivity index (χ0) is 9.26. The summed E-state index contributed by atoms with van der Waals surface area (Å²) >= 11 is 0. The van der Waals surface area contributed by atoms with E-state index in [-0.39, 0.29) is 0 Å². The Bertz CT molecular complexity index is 165. The van der Waals surface area contributed by atoms with E-state index in [9.17, 15) is 5.11 Å². The standard InChI is InChI=1S/C11H21NO/c1-2-9-6-12(7-9)11-5-3-4-10(11)8-13/h9-11,13H,2-8H2,1H3. The quantitative estimate of drug-likeness (QED) is 0.716. The van der Waals surface area contributed by atoms with E-state index in [2.05, 4.69) is 11.8 Å². The van der Waals surface area contributed by atoms with Crippen molar-refractivity contribution in [1.82, 2.24) is 4.90 Å². The van der Waals surface area contributed by atoms with Crippen LogP contribution in [0.15, 0.2) is 0 Å². The van der Waals surface area contributed by atoms with E-state index in [0.717, 1.165) is 5.92 Å². The van der Waals surface area contributed by atoms with Gasteiger partial charge in [-0.3, -0.25) is 4.90 Å². The van der Waals surface area contributed by atoms with Crippen LogP contribution < -0.4 is 0 Å². The highest BCUT2D eigenvalue weighted by molar-refractivity contribution is 4.91. The molecule has 0 radical (unpaired) electrons. The number of likely N-dealkylation sites (tertiary alicyclic amines) is 1. The Morgan fingerprint density at radius 3 is 2.69 bits per heavy atom. The molecule has 0 amide bonds. The van der Waals surface area contributed by atoms with E-state index in [4.69, 9.17) is 0 Å². The van der Waals surface area contributed by atoms with Gasteiger partial charge in [0.2, 0.25) is 0 Å². The van der Waals surface area contributed by atoms with Gasteiger partial charge in [-0.25, -0.2) is 0 Å². The second kappa shape index (κ2) is 3.97. The molecule has 0 spiro atoms. The third-order valence-electron chi connectivity index (χ3n) is 3.89. The van der Waals surface area contributed by atoms with E-state index in [1.807, 2.05) is 0 Å². The second-order valence-electron chi connectivity index (χ2n) is 4.67. The Morgan fingerprint density at radius 1 is 1.31 bits per heavy atom. The molecule has 2 aliphatic rings. The van der Waals surface area contributed by atoms with Gasteiger partial charge in [0.15, 0.2) is 0 Å². The molecular weight excluding hydrogens is 162 g/mol. The third kappa shape index (κ3) is 1.75. The van der Waals surface area contributed by atoms with Crippen molar-refractivity contribution in [2.75, 3.05) is 19.7 Å².